The number of para-hydroxylation sites is 1. The predicted molar refractivity (Wildman–Crippen MR) is 132 cm³/mol. The standard InChI is InChI=1S/C25H29N7O3/c1-3-13-30(4-2)25(33)35-22-15-21(19-9-5-6-10-20(19)29-22)34-16-18-8-7-14-31(18)23-11-12-26-24-27-17-28-32(23)24/h5-6,9-12,15,17-18H,3-4,7-8,13-14,16H2,1-2H3/t18-/m1/s1. The van der Waals surface area contributed by atoms with Crippen LogP contribution in [0.3, 0.4) is 0 Å². The molecule has 0 N–H and O–H groups in total. The van der Waals surface area contributed by atoms with Crippen molar-refractivity contribution >= 4 is 28.6 Å². The minimum Gasteiger partial charge on any atom is -0.491 e. The first kappa shape index (κ1) is 22.8. The van der Waals surface area contributed by atoms with Crippen molar-refractivity contribution in [2.24, 2.45) is 0 Å². The Hall–Kier alpha value is -3.95. The van der Waals surface area contributed by atoms with Gasteiger partial charge in [-0.1, -0.05) is 19.1 Å². The lowest BCUT2D eigenvalue weighted by molar-refractivity contribution is 0.153. The summed E-state index contributed by atoms with van der Waals surface area (Å²) in [4.78, 5) is 29.6. The van der Waals surface area contributed by atoms with Crippen LogP contribution < -0.4 is 14.4 Å². The molecule has 1 fully saturated rings. The second-order valence-electron chi connectivity index (χ2n) is 8.50. The molecule has 0 bridgehead atoms. The quantitative estimate of drug-likeness (QED) is 0.378. The molecule has 1 aliphatic heterocycles. The Morgan fingerprint density at radius 2 is 2.09 bits per heavy atom. The zero-order chi connectivity index (χ0) is 24.2. The highest BCUT2D eigenvalue weighted by Crippen LogP contribution is 2.31. The van der Waals surface area contributed by atoms with Gasteiger partial charge in [-0.3, -0.25) is 0 Å². The van der Waals surface area contributed by atoms with E-state index in [1.54, 1.807) is 21.7 Å². The smallest absolute Gasteiger partial charge is 0.416 e. The number of amides is 1. The summed E-state index contributed by atoms with van der Waals surface area (Å²) in [5, 5.41) is 5.21. The number of hydrogen-bond acceptors (Lipinski definition) is 8. The maximum absolute atomic E-state index is 12.6. The van der Waals surface area contributed by atoms with Crippen LogP contribution in [-0.2, 0) is 0 Å². The predicted octanol–water partition coefficient (Wildman–Crippen LogP) is 3.95. The molecular weight excluding hydrogens is 446 g/mol. The Kier molecular flexibility index (Phi) is 6.60. The lowest BCUT2D eigenvalue weighted by Crippen LogP contribution is -2.35. The number of aromatic nitrogens is 5. The van der Waals surface area contributed by atoms with Crippen LogP contribution >= 0.6 is 0 Å². The molecule has 10 nitrogen and oxygen atoms in total. The number of carbonyl (C=O) groups is 1. The monoisotopic (exact) mass is 475 g/mol. The third kappa shape index (κ3) is 4.68. The molecule has 0 spiro atoms. The van der Waals surface area contributed by atoms with Crippen molar-refractivity contribution in [3.63, 3.8) is 0 Å². The minimum absolute atomic E-state index is 0.155. The van der Waals surface area contributed by atoms with Crippen LogP contribution in [0.2, 0.25) is 0 Å². The fraction of sp³-hybridized carbons (Fsp3) is 0.400. The SMILES string of the molecule is CCCN(CC)C(=O)Oc1cc(OC[C@H]2CCCN2c2ccnc3ncnn23)c2ccccc2n1. The van der Waals surface area contributed by atoms with E-state index in [4.69, 9.17) is 9.47 Å². The van der Waals surface area contributed by atoms with Crippen molar-refractivity contribution < 1.29 is 14.3 Å². The van der Waals surface area contributed by atoms with Gasteiger partial charge < -0.3 is 19.3 Å². The summed E-state index contributed by atoms with van der Waals surface area (Å²) in [5.41, 5.74) is 0.716. The van der Waals surface area contributed by atoms with Gasteiger partial charge in [-0.15, -0.1) is 0 Å². The molecule has 0 radical (unpaired) electrons. The van der Waals surface area contributed by atoms with Gasteiger partial charge in [-0.25, -0.2) is 14.8 Å². The second kappa shape index (κ2) is 10.1. The number of pyridine rings is 1. The number of fused-ring (bicyclic) bond motifs is 2. The lowest BCUT2D eigenvalue weighted by Gasteiger charge is -2.27. The third-order valence-corrected chi connectivity index (χ3v) is 6.24. The van der Waals surface area contributed by atoms with Gasteiger partial charge in [0.15, 0.2) is 0 Å². The maximum Gasteiger partial charge on any atom is 0.416 e. The van der Waals surface area contributed by atoms with E-state index >= 15 is 0 Å². The number of nitrogens with zero attached hydrogens (tertiary/aromatic N) is 7. The Morgan fingerprint density at radius 3 is 2.94 bits per heavy atom. The molecule has 4 aromatic rings. The van der Waals surface area contributed by atoms with Crippen molar-refractivity contribution in [1.82, 2.24) is 29.5 Å². The molecule has 0 unspecified atom stereocenters. The number of benzene rings is 1. The molecule has 0 aliphatic carbocycles. The van der Waals surface area contributed by atoms with E-state index in [9.17, 15) is 4.79 Å². The summed E-state index contributed by atoms with van der Waals surface area (Å²) >= 11 is 0. The van der Waals surface area contributed by atoms with Crippen molar-refractivity contribution in [1.29, 1.82) is 0 Å². The van der Waals surface area contributed by atoms with E-state index in [1.807, 2.05) is 44.2 Å². The van der Waals surface area contributed by atoms with E-state index in [0.29, 0.717) is 36.7 Å². The van der Waals surface area contributed by atoms with Gasteiger partial charge in [-0.2, -0.15) is 14.6 Å². The molecule has 0 saturated carbocycles. The fourth-order valence-corrected chi connectivity index (χ4v) is 4.53. The second-order valence-corrected chi connectivity index (χ2v) is 8.50. The average Bonchev–Trinajstić information content (AvgIpc) is 3.55. The Bertz CT molecular complexity index is 1320. The number of hydrogen-bond donors (Lipinski definition) is 0. The molecule has 4 heterocycles. The third-order valence-electron chi connectivity index (χ3n) is 6.24. The molecule has 1 atom stereocenters. The van der Waals surface area contributed by atoms with Crippen LogP contribution in [-0.4, -0.2) is 67.8 Å². The zero-order valence-electron chi connectivity index (χ0n) is 20.0. The largest absolute Gasteiger partial charge is 0.491 e. The number of anilines is 1. The molecule has 10 heteroatoms. The number of carbonyl (C=O) groups excluding carboxylic acids is 1. The average molecular weight is 476 g/mol. The van der Waals surface area contributed by atoms with Crippen LogP contribution in [0.25, 0.3) is 16.7 Å². The van der Waals surface area contributed by atoms with E-state index in [2.05, 4.69) is 25.0 Å². The Morgan fingerprint density at radius 1 is 1.20 bits per heavy atom. The summed E-state index contributed by atoms with van der Waals surface area (Å²) in [6.45, 7) is 6.55. The van der Waals surface area contributed by atoms with Crippen molar-refractivity contribution in [2.45, 2.75) is 39.2 Å². The first-order chi connectivity index (χ1) is 17.2. The summed E-state index contributed by atoms with van der Waals surface area (Å²) in [5.74, 6) is 2.40. The van der Waals surface area contributed by atoms with Crippen LogP contribution in [0.5, 0.6) is 11.6 Å². The molecule has 5 rings (SSSR count). The maximum atomic E-state index is 12.6. The molecule has 182 valence electrons. The van der Waals surface area contributed by atoms with E-state index < -0.39 is 6.09 Å². The van der Waals surface area contributed by atoms with E-state index in [-0.39, 0.29) is 11.9 Å². The molecule has 1 saturated heterocycles. The Labute approximate surface area is 203 Å². The molecule has 35 heavy (non-hydrogen) atoms. The van der Waals surface area contributed by atoms with Crippen LogP contribution in [0.4, 0.5) is 10.6 Å². The normalized spacial score (nSPS) is 15.6. The van der Waals surface area contributed by atoms with Crippen molar-refractivity contribution in [2.75, 3.05) is 31.1 Å². The highest BCUT2D eigenvalue weighted by atomic mass is 16.6. The molecule has 1 aromatic carbocycles. The topological polar surface area (TPSA) is 98.0 Å². The molecule has 1 amide bonds. The van der Waals surface area contributed by atoms with Crippen molar-refractivity contribution in [3.8, 4) is 11.6 Å². The van der Waals surface area contributed by atoms with E-state index in [0.717, 1.165) is 37.0 Å². The van der Waals surface area contributed by atoms with Gasteiger partial charge in [0.25, 0.3) is 5.78 Å². The molecular formula is C25H29N7O3. The van der Waals surface area contributed by atoms with Gasteiger partial charge in [0, 0.05) is 37.3 Å². The highest BCUT2D eigenvalue weighted by Gasteiger charge is 2.28. The Balaban J connectivity index is 1.37. The first-order valence-electron chi connectivity index (χ1n) is 12.1. The highest BCUT2D eigenvalue weighted by molar-refractivity contribution is 5.86. The summed E-state index contributed by atoms with van der Waals surface area (Å²) in [6.07, 6.45) is 5.77. The van der Waals surface area contributed by atoms with E-state index in [1.165, 1.54) is 6.33 Å². The van der Waals surface area contributed by atoms with Crippen LogP contribution in [0.1, 0.15) is 33.1 Å². The minimum atomic E-state index is -0.403. The first-order valence-corrected chi connectivity index (χ1v) is 12.1. The lowest BCUT2D eigenvalue weighted by atomic mass is 10.2. The van der Waals surface area contributed by atoms with Crippen molar-refractivity contribution in [3.05, 3.63) is 48.9 Å². The van der Waals surface area contributed by atoms with Crippen LogP contribution in [0, 0.1) is 0 Å². The summed E-state index contributed by atoms with van der Waals surface area (Å²) < 4.78 is 13.7. The zero-order valence-corrected chi connectivity index (χ0v) is 20.0. The molecule has 3 aromatic heterocycles. The number of ether oxygens (including phenoxy) is 2. The van der Waals surface area contributed by atoms with Gasteiger partial charge in [0.1, 0.15) is 24.5 Å². The van der Waals surface area contributed by atoms with Gasteiger partial charge in [0.2, 0.25) is 5.88 Å². The van der Waals surface area contributed by atoms with Gasteiger partial charge in [-0.05, 0) is 44.4 Å². The molecule has 1 aliphatic rings. The summed E-state index contributed by atoms with van der Waals surface area (Å²) in [6, 6.07) is 11.5. The number of rotatable bonds is 8. The summed E-state index contributed by atoms with van der Waals surface area (Å²) in [7, 11) is 0. The fourth-order valence-electron chi connectivity index (χ4n) is 4.53. The van der Waals surface area contributed by atoms with Gasteiger partial charge in [0.05, 0.1) is 11.6 Å². The van der Waals surface area contributed by atoms with Gasteiger partial charge >= 0.3 is 6.09 Å². The van der Waals surface area contributed by atoms with Crippen LogP contribution in [0.15, 0.2) is 48.9 Å².